The number of nitrogens with one attached hydrogen (secondary N) is 1. The fourth-order valence-electron chi connectivity index (χ4n) is 2.44. The first-order chi connectivity index (χ1) is 8.72. The molecule has 2 aromatic rings. The number of aromatic nitrogens is 1. The van der Waals surface area contributed by atoms with E-state index in [1.807, 2.05) is 0 Å². The van der Waals surface area contributed by atoms with E-state index in [2.05, 4.69) is 61.1 Å². The van der Waals surface area contributed by atoms with Gasteiger partial charge in [0.2, 0.25) is 0 Å². The quantitative estimate of drug-likeness (QED) is 0.821. The van der Waals surface area contributed by atoms with Gasteiger partial charge in [0, 0.05) is 29.7 Å². The third kappa shape index (κ3) is 2.94. The Bertz CT molecular complexity index is 497. The number of rotatable bonds is 6. The molecule has 0 bridgehead atoms. The maximum Gasteiger partial charge on any atom is 0.0483 e. The average molecular weight is 244 g/mol. The lowest BCUT2D eigenvalue weighted by Crippen LogP contribution is -2.24. The molecular weight excluding hydrogens is 220 g/mol. The van der Waals surface area contributed by atoms with Crippen molar-refractivity contribution in [2.75, 3.05) is 6.54 Å². The number of aryl methyl sites for hydroxylation is 1. The van der Waals surface area contributed by atoms with Crippen LogP contribution in [0.15, 0.2) is 30.5 Å². The number of fused-ring (bicyclic) bond motifs is 1. The van der Waals surface area contributed by atoms with E-state index in [9.17, 15) is 0 Å². The maximum atomic E-state index is 3.49. The zero-order valence-electron chi connectivity index (χ0n) is 11.7. The second-order valence-electron chi connectivity index (χ2n) is 5.22. The topological polar surface area (TPSA) is 17.0 Å². The smallest absolute Gasteiger partial charge is 0.0483 e. The largest absolute Gasteiger partial charge is 0.347 e. The van der Waals surface area contributed by atoms with E-state index < -0.39 is 0 Å². The van der Waals surface area contributed by atoms with Crippen molar-refractivity contribution >= 4 is 10.9 Å². The summed E-state index contributed by atoms with van der Waals surface area (Å²) in [5.74, 6) is 0. The van der Waals surface area contributed by atoms with Crippen molar-refractivity contribution in [3.63, 3.8) is 0 Å². The van der Waals surface area contributed by atoms with Crippen molar-refractivity contribution in [1.29, 1.82) is 0 Å². The van der Waals surface area contributed by atoms with Gasteiger partial charge in [-0.05, 0) is 31.0 Å². The molecule has 0 aliphatic rings. The Hall–Kier alpha value is -1.28. The summed E-state index contributed by atoms with van der Waals surface area (Å²) in [7, 11) is 0. The minimum absolute atomic E-state index is 0.564. The van der Waals surface area contributed by atoms with Crippen LogP contribution in [0.3, 0.4) is 0 Å². The van der Waals surface area contributed by atoms with Crippen molar-refractivity contribution in [3.8, 4) is 0 Å². The van der Waals surface area contributed by atoms with Gasteiger partial charge < -0.3 is 9.88 Å². The lowest BCUT2D eigenvalue weighted by molar-refractivity contribution is 0.590. The van der Waals surface area contributed by atoms with Crippen molar-refractivity contribution in [2.45, 2.75) is 46.2 Å². The summed E-state index contributed by atoms with van der Waals surface area (Å²) in [5, 5.41) is 4.90. The van der Waals surface area contributed by atoms with Gasteiger partial charge in [-0.3, -0.25) is 0 Å². The van der Waals surface area contributed by atoms with Crippen LogP contribution in [0.1, 0.15) is 32.8 Å². The number of para-hydroxylation sites is 1. The summed E-state index contributed by atoms with van der Waals surface area (Å²) in [6, 6.07) is 9.30. The molecule has 0 aliphatic carbocycles. The molecule has 18 heavy (non-hydrogen) atoms. The highest BCUT2D eigenvalue weighted by atomic mass is 15.0. The first-order valence-electron chi connectivity index (χ1n) is 7.02. The molecule has 0 amide bonds. The highest BCUT2D eigenvalue weighted by Gasteiger charge is 2.07. The van der Waals surface area contributed by atoms with Gasteiger partial charge in [-0.15, -0.1) is 0 Å². The SMILES string of the molecule is CCCn1cc(CCNC(C)C)c2ccccc21. The van der Waals surface area contributed by atoms with Crippen LogP contribution in [-0.4, -0.2) is 17.2 Å². The highest BCUT2D eigenvalue weighted by Crippen LogP contribution is 2.21. The van der Waals surface area contributed by atoms with Gasteiger partial charge in [-0.2, -0.15) is 0 Å². The molecule has 1 N–H and O–H groups in total. The Morgan fingerprint density at radius 2 is 2.00 bits per heavy atom. The summed E-state index contributed by atoms with van der Waals surface area (Å²) in [6.45, 7) is 8.78. The molecule has 1 aromatic carbocycles. The molecule has 0 radical (unpaired) electrons. The van der Waals surface area contributed by atoms with Gasteiger partial charge in [0.05, 0.1) is 0 Å². The Morgan fingerprint density at radius 1 is 1.22 bits per heavy atom. The summed E-state index contributed by atoms with van der Waals surface area (Å²) in [4.78, 5) is 0. The third-order valence-electron chi connectivity index (χ3n) is 3.28. The number of nitrogens with zero attached hydrogens (tertiary/aromatic N) is 1. The molecule has 2 rings (SSSR count). The molecule has 2 nitrogen and oxygen atoms in total. The highest BCUT2D eigenvalue weighted by molar-refractivity contribution is 5.84. The number of hydrogen-bond acceptors (Lipinski definition) is 1. The van der Waals surface area contributed by atoms with E-state index in [0.29, 0.717) is 6.04 Å². The summed E-state index contributed by atoms with van der Waals surface area (Å²) in [5.41, 5.74) is 2.84. The van der Waals surface area contributed by atoms with Crippen molar-refractivity contribution in [1.82, 2.24) is 9.88 Å². The number of benzene rings is 1. The first kappa shape index (κ1) is 13.2. The van der Waals surface area contributed by atoms with Crippen LogP contribution in [0.25, 0.3) is 10.9 Å². The lowest BCUT2D eigenvalue weighted by atomic mass is 10.1. The van der Waals surface area contributed by atoms with E-state index in [-0.39, 0.29) is 0 Å². The fraction of sp³-hybridized carbons (Fsp3) is 0.500. The van der Waals surface area contributed by atoms with Crippen LogP contribution in [0.2, 0.25) is 0 Å². The fourth-order valence-corrected chi connectivity index (χ4v) is 2.44. The minimum atomic E-state index is 0.564. The Morgan fingerprint density at radius 3 is 2.72 bits per heavy atom. The van der Waals surface area contributed by atoms with Gasteiger partial charge in [0.15, 0.2) is 0 Å². The molecule has 0 saturated carbocycles. The molecule has 0 fully saturated rings. The Balaban J connectivity index is 2.21. The van der Waals surface area contributed by atoms with Crippen molar-refractivity contribution in [3.05, 3.63) is 36.0 Å². The second-order valence-corrected chi connectivity index (χ2v) is 5.22. The summed E-state index contributed by atoms with van der Waals surface area (Å²) >= 11 is 0. The van der Waals surface area contributed by atoms with Crippen LogP contribution in [0.5, 0.6) is 0 Å². The van der Waals surface area contributed by atoms with Crippen LogP contribution in [0, 0.1) is 0 Å². The monoisotopic (exact) mass is 244 g/mol. The van der Waals surface area contributed by atoms with Crippen molar-refractivity contribution in [2.24, 2.45) is 0 Å². The normalized spacial score (nSPS) is 11.6. The van der Waals surface area contributed by atoms with Gasteiger partial charge in [-0.1, -0.05) is 39.0 Å². The van der Waals surface area contributed by atoms with Crippen molar-refractivity contribution < 1.29 is 0 Å². The molecular formula is C16H24N2. The minimum Gasteiger partial charge on any atom is -0.347 e. The molecule has 0 aliphatic heterocycles. The van der Waals surface area contributed by atoms with Gasteiger partial charge in [0.25, 0.3) is 0 Å². The molecule has 0 unspecified atom stereocenters. The Kier molecular flexibility index (Phi) is 4.43. The third-order valence-corrected chi connectivity index (χ3v) is 3.28. The molecule has 0 atom stereocenters. The van der Waals surface area contributed by atoms with E-state index in [4.69, 9.17) is 0 Å². The molecule has 1 aromatic heterocycles. The van der Waals surface area contributed by atoms with E-state index in [1.54, 1.807) is 0 Å². The van der Waals surface area contributed by atoms with Gasteiger partial charge in [0.1, 0.15) is 0 Å². The zero-order chi connectivity index (χ0) is 13.0. The number of hydrogen-bond donors (Lipinski definition) is 1. The van der Waals surface area contributed by atoms with E-state index in [0.717, 1.165) is 19.5 Å². The maximum absolute atomic E-state index is 3.49. The van der Waals surface area contributed by atoms with Crippen LogP contribution >= 0.6 is 0 Å². The zero-order valence-corrected chi connectivity index (χ0v) is 11.7. The molecule has 0 saturated heterocycles. The van der Waals surface area contributed by atoms with Gasteiger partial charge in [-0.25, -0.2) is 0 Å². The van der Waals surface area contributed by atoms with Crippen LogP contribution in [-0.2, 0) is 13.0 Å². The molecule has 2 heteroatoms. The summed E-state index contributed by atoms with van der Waals surface area (Å²) < 4.78 is 2.39. The second kappa shape index (κ2) is 6.05. The Labute approximate surface area is 110 Å². The van der Waals surface area contributed by atoms with Gasteiger partial charge >= 0.3 is 0 Å². The van der Waals surface area contributed by atoms with Crippen LogP contribution < -0.4 is 5.32 Å². The molecule has 0 spiro atoms. The average Bonchev–Trinajstić information content (AvgIpc) is 2.69. The first-order valence-corrected chi connectivity index (χ1v) is 7.02. The predicted octanol–water partition coefficient (Wildman–Crippen LogP) is 3.59. The molecule has 98 valence electrons. The van der Waals surface area contributed by atoms with Crippen LogP contribution in [0.4, 0.5) is 0 Å². The standard InChI is InChI=1S/C16H24N2/c1-4-11-18-12-14(9-10-17-13(2)3)15-7-5-6-8-16(15)18/h5-8,12-13,17H,4,9-11H2,1-3H3. The summed E-state index contributed by atoms with van der Waals surface area (Å²) in [6.07, 6.45) is 4.62. The van der Waals surface area contributed by atoms with E-state index in [1.165, 1.54) is 22.9 Å². The lowest BCUT2D eigenvalue weighted by Gasteiger charge is -2.06. The predicted molar refractivity (Wildman–Crippen MR) is 79.1 cm³/mol. The molecule has 1 heterocycles. The van der Waals surface area contributed by atoms with E-state index >= 15 is 0 Å².